The third-order valence-electron chi connectivity index (χ3n) is 1.63. The van der Waals surface area contributed by atoms with Crippen LogP contribution in [-0.2, 0) is 6.42 Å². The Morgan fingerprint density at radius 2 is 2.08 bits per heavy atom. The lowest BCUT2D eigenvalue weighted by atomic mass is 10.0. The maximum atomic E-state index is 12.8. The van der Waals surface area contributed by atoms with Crippen LogP contribution in [0.15, 0.2) is 22.7 Å². The standard InChI is InChI=1S/C10H12BrF/c1-7(2)5-8-3-4-10(12)9(11)6-8/h3-4,6-7H,5H2,1-2H3. The molecule has 0 amide bonds. The second kappa shape index (κ2) is 4.04. The molecule has 0 nitrogen and oxygen atoms in total. The van der Waals surface area contributed by atoms with E-state index in [1.54, 1.807) is 0 Å². The first-order valence-electron chi connectivity index (χ1n) is 4.03. The SMILES string of the molecule is CC(C)Cc1ccc(F)c(Br)c1. The molecule has 0 aromatic heterocycles. The summed E-state index contributed by atoms with van der Waals surface area (Å²) in [4.78, 5) is 0. The van der Waals surface area contributed by atoms with Gasteiger partial charge in [0.15, 0.2) is 0 Å². The van der Waals surface area contributed by atoms with Gasteiger partial charge in [0.1, 0.15) is 5.82 Å². The highest BCUT2D eigenvalue weighted by molar-refractivity contribution is 9.10. The predicted octanol–water partition coefficient (Wildman–Crippen LogP) is 3.79. The summed E-state index contributed by atoms with van der Waals surface area (Å²) in [7, 11) is 0. The molecular formula is C10H12BrF. The van der Waals surface area contributed by atoms with Crippen molar-refractivity contribution in [1.29, 1.82) is 0 Å². The van der Waals surface area contributed by atoms with Crippen LogP contribution in [0.25, 0.3) is 0 Å². The number of rotatable bonds is 2. The van der Waals surface area contributed by atoms with E-state index in [4.69, 9.17) is 0 Å². The summed E-state index contributed by atoms with van der Waals surface area (Å²) < 4.78 is 13.3. The van der Waals surface area contributed by atoms with Gasteiger partial charge in [0.05, 0.1) is 4.47 Å². The monoisotopic (exact) mass is 230 g/mol. The van der Waals surface area contributed by atoms with Crippen LogP contribution >= 0.6 is 15.9 Å². The Balaban J connectivity index is 2.82. The highest BCUT2D eigenvalue weighted by atomic mass is 79.9. The summed E-state index contributed by atoms with van der Waals surface area (Å²) in [5.41, 5.74) is 1.18. The van der Waals surface area contributed by atoms with Crippen molar-refractivity contribution in [2.24, 2.45) is 5.92 Å². The zero-order valence-corrected chi connectivity index (χ0v) is 8.86. The lowest BCUT2D eigenvalue weighted by Gasteiger charge is -2.05. The van der Waals surface area contributed by atoms with Gasteiger partial charge in [-0.3, -0.25) is 0 Å². The molecule has 0 N–H and O–H groups in total. The van der Waals surface area contributed by atoms with E-state index in [2.05, 4.69) is 29.8 Å². The van der Waals surface area contributed by atoms with Gasteiger partial charge in [-0.2, -0.15) is 0 Å². The molecule has 0 saturated carbocycles. The van der Waals surface area contributed by atoms with Crippen molar-refractivity contribution in [2.75, 3.05) is 0 Å². The van der Waals surface area contributed by atoms with E-state index in [1.807, 2.05) is 12.1 Å². The van der Waals surface area contributed by atoms with Gasteiger partial charge in [-0.25, -0.2) is 4.39 Å². The maximum absolute atomic E-state index is 12.8. The minimum atomic E-state index is -0.192. The molecule has 0 heterocycles. The van der Waals surface area contributed by atoms with Crippen molar-refractivity contribution in [3.63, 3.8) is 0 Å². The lowest BCUT2D eigenvalue weighted by molar-refractivity contribution is 0.614. The third-order valence-corrected chi connectivity index (χ3v) is 2.24. The fourth-order valence-corrected chi connectivity index (χ4v) is 1.56. The van der Waals surface area contributed by atoms with Crippen LogP contribution < -0.4 is 0 Å². The Hall–Kier alpha value is -0.370. The fourth-order valence-electron chi connectivity index (χ4n) is 1.14. The Morgan fingerprint density at radius 3 is 2.58 bits per heavy atom. The Bertz CT molecular complexity index is 269. The van der Waals surface area contributed by atoms with Crippen molar-refractivity contribution in [1.82, 2.24) is 0 Å². The van der Waals surface area contributed by atoms with Crippen LogP contribution in [0, 0.1) is 11.7 Å². The Kier molecular flexibility index (Phi) is 3.27. The van der Waals surface area contributed by atoms with Crippen LogP contribution in [0.1, 0.15) is 19.4 Å². The summed E-state index contributed by atoms with van der Waals surface area (Å²) in [6.45, 7) is 4.30. The summed E-state index contributed by atoms with van der Waals surface area (Å²) in [5, 5.41) is 0. The number of benzene rings is 1. The highest BCUT2D eigenvalue weighted by Gasteiger charge is 2.01. The first-order valence-corrected chi connectivity index (χ1v) is 4.83. The Labute approximate surface area is 80.9 Å². The normalized spacial score (nSPS) is 10.8. The molecular weight excluding hydrogens is 219 g/mol. The zero-order valence-electron chi connectivity index (χ0n) is 7.27. The molecule has 0 bridgehead atoms. The molecule has 66 valence electrons. The molecule has 1 rings (SSSR count). The highest BCUT2D eigenvalue weighted by Crippen LogP contribution is 2.18. The van der Waals surface area contributed by atoms with E-state index in [9.17, 15) is 4.39 Å². The van der Waals surface area contributed by atoms with E-state index >= 15 is 0 Å². The van der Waals surface area contributed by atoms with Gasteiger partial charge in [-0.1, -0.05) is 19.9 Å². The van der Waals surface area contributed by atoms with Gasteiger partial charge in [0.25, 0.3) is 0 Å². The summed E-state index contributed by atoms with van der Waals surface area (Å²) in [5.74, 6) is 0.421. The van der Waals surface area contributed by atoms with E-state index in [0.29, 0.717) is 10.4 Å². The molecule has 0 atom stereocenters. The fraction of sp³-hybridized carbons (Fsp3) is 0.400. The second-order valence-electron chi connectivity index (χ2n) is 3.35. The largest absolute Gasteiger partial charge is 0.206 e. The molecule has 0 radical (unpaired) electrons. The third kappa shape index (κ3) is 2.59. The minimum absolute atomic E-state index is 0.192. The molecule has 2 heteroatoms. The van der Waals surface area contributed by atoms with Crippen molar-refractivity contribution in [3.05, 3.63) is 34.1 Å². The van der Waals surface area contributed by atoms with E-state index in [0.717, 1.165) is 6.42 Å². The van der Waals surface area contributed by atoms with Crippen LogP contribution in [0.4, 0.5) is 4.39 Å². The molecule has 0 aliphatic rings. The predicted molar refractivity (Wildman–Crippen MR) is 52.6 cm³/mol. The number of halogens is 2. The van der Waals surface area contributed by atoms with Crippen molar-refractivity contribution >= 4 is 15.9 Å². The number of hydrogen-bond acceptors (Lipinski definition) is 0. The van der Waals surface area contributed by atoms with Crippen LogP contribution in [0.3, 0.4) is 0 Å². The molecule has 1 aromatic carbocycles. The van der Waals surface area contributed by atoms with Crippen molar-refractivity contribution < 1.29 is 4.39 Å². The topological polar surface area (TPSA) is 0 Å². The molecule has 0 unspecified atom stereocenters. The quantitative estimate of drug-likeness (QED) is 0.726. The lowest BCUT2D eigenvalue weighted by Crippen LogP contribution is -1.94. The van der Waals surface area contributed by atoms with Gasteiger partial charge in [0.2, 0.25) is 0 Å². The van der Waals surface area contributed by atoms with E-state index in [-0.39, 0.29) is 5.82 Å². The van der Waals surface area contributed by atoms with Crippen molar-refractivity contribution in [2.45, 2.75) is 20.3 Å². The molecule has 0 aliphatic heterocycles. The minimum Gasteiger partial charge on any atom is -0.206 e. The maximum Gasteiger partial charge on any atom is 0.137 e. The Morgan fingerprint density at radius 1 is 1.42 bits per heavy atom. The van der Waals surface area contributed by atoms with Crippen molar-refractivity contribution in [3.8, 4) is 0 Å². The molecule has 0 aliphatic carbocycles. The molecule has 12 heavy (non-hydrogen) atoms. The first kappa shape index (κ1) is 9.72. The van der Waals surface area contributed by atoms with Crippen LogP contribution in [-0.4, -0.2) is 0 Å². The second-order valence-corrected chi connectivity index (χ2v) is 4.20. The van der Waals surface area contributed by atoms with Gasteiger partial charge < -0.3 is 0 Å². The summed E-state index contributed by atoms with van der Waals surface area (Å²) in [6.07, 6.45) is 0.999. The summed E-state index contributed by atoms with van der Waals surface area (Å²) >= 11 is 3.16. The van der Waals surface area contributed by atoms with Crippen LogP contribution in [0.5, 0.6) is 0 Å². The molecule has 0 spiro atoms. The number of hydrogen-bond donors (Lipinski definition) is 0. The van der Waals surface area contributed by atoms with Gasteiger partial charge in [-0.15, -0.1) is 0 Å². The van der Waals surface area contributed by atoms with E-state index in [1.165, 1.54) is 11.6 Å². The summed E-state index contributed by atoms with van der Waals surface area (Å²) in [6, 6.07) is 5.18. The first-order chi connectivity index (χ1) is 5.59. The van der Waals surface area contributed by atoms with Crippen LogP contribution in [0.2, 0.25) is 0 Å². The average molecular weight is 231 g/mol. The smallest absolute Gasteiger partial charge is 0.137 e. The average Bonchev–Trinajstić information content (AvgIpc) is 1.96. The zero-order chi connectivity index (χ0) is 9.14. The van der Waals surface area contributed by atoms with Gasteiger partial charge in [-0.05, 0) is 46.0 Å². The van der Waals surface area contributed by atoms with E-state index < -0.39 is 0 Å². The van der Waals surface area contributed by atoms with Gasteiger partial charge >= 0.3 is 0 Å². The molecule has 1 aromatic rings. The van der Waals surface area contributed by atoms with Gasteiger partial charge in [0, 0.05) is 0 Å². The molecule has 0 saturated heterocycles. The molecule has 0 fully saturated rings.